The maximum atomic E-state index is 11.4. The molecule has 0 spiro atoms. The molecule has 1 aliphatic rings. The van der Waals surface area contributed by atoms with Crippen molar-refractivity contribution in [2.45, 2.75) is 37.8 Å². The summed E-state index contributed by atoms with van der Waals surface area (Å²) in [5, 5.41) is 6.14. The number of primary amides is 1. The average Bonchev–Trinajstić information content (AvgIpc) is 2.56. The summed E-state index contributed by atoms with van der Waals surface area (Å²) in [5.74, 6) is 0.324. The monoisotopic (exact) mass is 355 g/mol. The molecule has 0 saturated heterocycles. The fourth-order valence-electron chi connectivity index (χ4n) is 2.80. The predicted octanol–water partition coefficient (Wildman–Crippen LogP) is 2.69. The highest BCUT2D eigenvalue weighted by Crippen LogP contribution is 2.31. The molecule has 0 atom stereocenters. The number of alkyl halides is 1. The van der Waals surface area contributed by atoms with E-state index in [-0.39, 0.29) is 23.9 Å². The maximum absolute atomic E-state index is 11.4. The van der Waals surface area contributed by atoms with Gasteiger partial charge in [0.05, 0.1) is 12.8 Å². The lowest BCUT2D eigenvalue weighted by Gasteiger charge is -2.29. The van der Waals surface area contributed by atoms with Crippen LogP contribution in [0.5, 0.6) is 5.75 Å². The summed E-state index contributed by atoms with van der Waals surface area (Å²) in [6.45, 7) is 0. The van der Waals surface area contributed by atoms with E-state index < -0.39 is 6.09 Å². The largest absolute Gasteiger partial charge is 0.495 e. The molecule has 2 amide bonds. The van der Waals surface area contributed by atoms with Crippen molar-refractivity contribution in [1.29, 1.82) is 0 Å². The van der Waals surface area contributed by atoms with Gasteiger partial charge in [-0.25, -0.2) is 4.79 Å². The number of carbonyl (C=O) groups excluding carboxylic acids is 2. The molecule has 0 heterocycles. The number of benzene rings is 1. The van der Waals surface area contributed by atoms with Gasteiger partial charge in [0.1, 0.15) is 17.7 Å². The molecule has 8 heteroatoms. The van der Waals surface area contributed by atoms with Crippen LogP contribution in [0.25, 0.3) is 0 Å². The summed E-state index contributed by atoms with van der Waals surface area (Å²) in [7, 11) is 1.59. The number of anilines is 2. The molecule has 7 nitrogen and oxygen atoms in total. The first-order chi connectivity index (χ1) is 11.5. The molecule has 24 heavy (non-hydrogen) atoms. The highest BCUT2D eigenvalue weighted by atomic mass is 35.5. The molecule has 0 aliphatic heterocycles. The number of carbonyl (C=O) groups is 2. The van der Waals surface area contributed by atoms with E-state index in [0.717, 1.165) is 31.4 Å². The molecule has 0 radical (unpaired) electrons. The summed E-state index contributed by atoms with van der Waals surface area (Å²) in [5.41, 5.74) is 6.49. The molecule has 0 unspecified atom stereocenters. The molecular formula is C16H22ClN3O4. The van der Waals surface area contributed by atoms with Gasteiger partial charge in [0.15, 0.2) is 0 Å². The Morgan fingerprint density at radius 2 is 2.00 bits per heavy atom. The minimum Gasteiger partial charge on any atom is -0.495 e. The van der Waals surface area contributed by atoms with Crippen LogP contribution in [-0.4, -0.2) is 37.1 Å². The van der Waals surface area contributed by atoms with Crippen LogP contribution in [0.1, 0.15) is 25.7 Å². The highest BCUT2D eigenvalue weighted by molar-refractivity contribution is 6.29. The van der Waals surface area contributed by atoms with Crippen LogP contribution in [0.2, 0.25) is 0 Å². The fraction of sp³-hybridized carbons (Fsp3) is 0.500. The average molecular weight is 356 g/mol. The van der Waals surface area contributed by atoms with Gasteiger partial charge < -0.3 is 25.8 Å². The molecule has 2 rings (SSSR count). The molecule has 132 valence electrons. The predicted molar refractivity (Wildman–Crippen MR) is 92.7 cm³/mol. The molecular weight excluding hydrogens is 334 g/mol. The Balaban J connectivity index is 1.99. The van der Waals surface area contributed by atoms with Crippen molar-refractivity contribution in [3.63, 3.8) is 0 Å². The van der Waals surface area contributed by atoms with Crippen LogP contribution in [0, 0.1) is 0 Å². The van der Waals surface area contributed by atoms with E-state index in [2.05, 4.69) is 10.6 Å². The summed E-state index contributed by atoms with van der Waals surface area (Å²) in [4.78, 5) is 22.2. The Hall–Kier alpha value is -2.15. The van der Waals surface area contributed by atoms with Gasteiger partial charge in [-0.05, 0) is 43.9 Å². The summed E-state index contributed by atoms with van der Waals surface area (Å²) >= 11 is 5.51. The molecule has 0 bridgehead atoms. The van der Waals surface area contributed by atoms with Crippen molar-refractivity contribution in [2.24, 2.45) is 5.73 Å². The van der Waals surface area contributed by atoms with Gasteiger partial charge in [0.2, 0.25) is 5.91 Å². The van der Waals surface area contributed by atoms with E-state index in [9.17, 15) is 9.59 Å². The minimum atomic E-state index is -0.726. The number of methoxy groups -OCH3 is 1. The number of ether oxygens (including phenoxy) is 2. The van der Waals surface area contributed by atoms with E-state index in [1.54, 1.807) is 19.2 Å². The van der Waals surface area contributed by atoms with E-state index in [1.165, 1.54) is 0 Å². The van der Waals surface area contributed by atoms with Gasteiger partial charge in [-0.3, -0.25) is 4.79 Å². The summed E-state index contributed by atoms with van der Waals surface area (Å²) in [6.07, 6.45) is 2.36. The molecule has 1 aromatic rings. The zero-order chi connectivity index (χ0) is 17.5. The van der Waals surface area contributed by atoms with Gasteiger partial charge in [-0.15, -0.1) is 11.6 Å². The zero-order valence-corrected chi connectivity index (χ0v) is 14.3. The number of nitrogens with two attached hydrogens (primary N) is 1. The maximum Gasteiger partial charge on any atom is 0.404 e. The first-order valence-electron chi connectivity index (χ1n) is 7.78. The lowest BCUT2D eigenvalue weighted by molar-refractivity contribution is -0.113. The molecule has 0 aromatic heterocycles. The fourth-order valence-corrected chi connectivity index (χ4v) is 2.87. The van der Waals surface area contributed by atoms with E-state index >= 15 is 0 Å². The molecule has 1 aromatic carbocycles. The van der Waals surface area contributed by atoms with Crippen LogP contribution in [0.3, 0.4) is 0 Å². The quantitative estimate of drug-likeness (QED) is 0.681. The van der Waals surface area contributed by atoms with Crippen LogP contribution < -0.4 is 21.1 Å². The smallest absolute Gasteiger partial charge is 0.404 e. The Labute approximate surface area is 145 Å². The first kappa shape index (κ1) is 18.2. The third-order valence-corrected chi connectivity index (χ3v) is 4.16. The van der Waals surface area contributed by atoms with Crippen molar-refractivity contribution in [2.75, 3.05) is 23.6 Å². The van der Waals surface area contributed by atoms with Crippen molar-refractivity contribution < 1.29 is 19.1 Å². The summed E-state index contributed by atoms with van der Waals surface area (Å²) in [6, 6.07) is 5.58. The second-order valence-corrected chi connectivity index (χ2v) is 5.92. The standard InChI is InChI=1S/C16H22ClN3O4/c1-23-14-7-4-11(20-15(21)9-17)8-13(14)19-10-2-5-12(6-3-10)24-16(18)22/h4,7-8,10,12,19H,2-3,5-6,9H2,1H3,(H2,18,22)(H,20,21). The third-order valence-electron chi connectivity index (χ3n) is 3.92. The number of amides is 2. The van der Waals surface area contributed by atoms with Gasteiger partial charge >= 0.3 is 6.09 Å². The van der Waals surface area contributed by atoms with E-state index in [1.807, 2.05) is 6.07 Å². The Kier molecular flexibility index (Phi) is 6.54. The van der Waals surface area contributed by atoms with E-state index in [0.29, 0.717) is 11.4 Å². The molecule has 1 fully saturated rings. The molecule has 1 saturated carbocycles. The highest BCUT2D eigenvalue weighted by Gasteiger charge is 2.24. The third kappa shape index (κ3) is 5.19. The van der Waals surface area contributed by atoms with Crippen molar-refractivity contribution in [1.82, 2.24) is 0 Å². The van der Waals surface area contributed by atoms with Gasteiger partial charge in [0, 0.05) is 11.7 Å². The number of hydrogen-bond acceptors (Lipinski definition) is 5. The summed E-state index contributed by atoms with van der Waals surface area (Å²) < 4.78 is 10.4. The van der Waals surface area contributed by atoms with Crippen LogP contribution in [0.4, 0.5) is 16.2 Å². The number of rotatable bonds is 6. The normalized spacial score (nSPS) is 20.1. The van der Waals surface area contributed by atoms with Crippen molar-refractivity contribution in [3.05, 3.63) is 18.2 Å². The first-order valence-corrected chi connectivity index (χ1v) is 8.31. The molecule has 4 N–H and O–H groups in total. The SMILES string of the molecule is COc1ccc(NC(=O)CCl)cc1NC1CCC(OC(N)=O)CC1. The second kappa shape index (κ2) is 8.63. The molecule has 1 aliphatic carbocycles. The number of hydrogen-bond donors (Lipinski definition) is 3. The van der Waals surface area contributed by atoms with E-state index in [4.69, 9.17) is 26.8 Å². The van der Waals surface area contributed by atoms with Gasteiger partial charge in [-0.1, -0.05) is 0 Å². The second-order valence-electron chi connectivity index (χ2n) is 5.65. The van der Waals surface area contributed by atoms with Crippen molar-refractivity contribution >= 4 is 35.0 Å². The zero-order valence-electron chi connectivity index (χ0n) is 13.5. The number of nitrogens with one attached hydrogen (secondary N) is 2. The lowest BCUT2D eigenvalue weighted by Crippen LogP contribution is -2.32. The Bertz CT molecular complexity index is 589. The van der Waals surface area contributed by atoms with Crippen LogP contribution in [0.15, 0.2) is 18.2 Å². The Morgan fingerprint density at radius 3 is 2.58 bits per heavy atom. The Morgan fingerprint density at radius 1 is 1.29 bits per heavy atom. The van der Waals surface area contributed by atoms with Crippen molar-refractivity contribution in [3.8, 4) is 5.75 Å². The van der Waals surface area contributed by atoms with Crippen LogP contribution >= 0.6 is 11.6 Å². The topological polar surface area (TPSA) is 103 Å². The minimum absolute atomic E-state index is 0.0985. The van der Waals surface area contributed by atoms with Gasteiger partial charge in [0.25, 0.3) is 0 Å². The lowest BCUT2D eigenvalue weighted by atomic mass is 9.92. The van der Waals surface area contributed by atoms with Gasteiger partial charge in [-0.2, -0.15) is 0 Å². The number of halogens is 1. The van der Waals surface area contributed by atoms with Crippen LogP contribution in [-0.2, 0) is 9.53 Å².